The normalized spacial score (nSPS) is 9.88. The first-order valence-corrected chi connectivity index (χ1v) is 6.03. The van der Waals surface area contributed by atoms with E-state index >= 15 is 0 Å². The van der Waals surface area contributed by atoms with Crippen molar-refractivity contribution in [2.75, 3.05) is 19.0 Å². The molecule has 0 atom stereocenters. The van der Waals surface area contributed by atoms with Gasteiger partial charge in [-0.25, -0.2) is 0 Å². The lowest BCUT2D eigenvalue weighted by molar-refractivity contribution is 0.281. The second-order valence-electron chi connectivity index (χ2n) is 3.49. The molecule has 2 nitrogen and oxygen atoms in total. The minimum atomic E-state index is 0.482. The summed E-state index contributed by atoms with van der Waals surface area (Å²) in [5.41, 5.74) is 0.952. The van der Waals surface area contributed by atoms with E-state index in [1.54, 1.807) is 0 Å². The van der Waals surface area contributed by atoms with Gasteiger partial charge < -0.3 is 9.47 Å². The number of rotatable bonds is 7. The third-order valence-electron chi connectivity index (χ3n) is 1.97. The summed E-state index contributed by atoms with van der Waals surface area (Å²) in [6.07, 6.45) is 0.984. The van der Waals surface area contributed by atoms with Gasteiger partial charge in [0.05, 0.1) is 6.61 Å². The SMILES string of the molecule is C=C(CS)COc1ccccc1OCCC. The van der Waals surface area contributed by atoms with E-state index in [1.807, 2.05) is 24.3 Å². The molecule has 0 aliphatic rings. The molecule has 0 saturated carbocycles. The number of thiol groups is 1. The molecule has 16 heavy (non-hydrogen) atoms. The Morgan fingerprint density at radius 3 is 2.44 bits per heavy atom. The fourth-order valence-corrected chi connectivity index (χ4v) is 1.22. The molecular weight excluding hydrogens is 220 g/mol. The predicted molar refractivity (Wildman–Crippen MR) is 70.7 cm³/mol. The zero-order valence-corrected chi connectivity index (χ0v) is 10.5. The lowest BCUT2D eigenvalue weighted by Gasteiger charge is -2.12. The molecule has 0 unspecified atom stereocenters. The summed E-state index contributed by atoms with van der Waals surface area (Å²) >= 11 is 4.13. The standard InChI is InChI=1S/C13H18O2S/c1-3-8-14-12-6-4-5-7-13(12)15-9-11(2)10-16/h4-7,16H,2-3,8-10H2,1H3. The van der Waals surface area contributed by atoms with Gasteiger partial charge in [0.2, 0.25) is 0 Å². The Kier molecular flexibility index (Phi) is 5.86. The largest absolute Gasteiger partial charge is 0.490 e. The average Bonchev–Trinajstić information content (AvgIpc) is 2.34. The van der Waals surface area contributed by atoms with Crippen LogP contribution in [0, 0.1) is 0 Å². The Morgan fingerprint density at radius 2 is 1.88 bits per heavy atom. The third kappa shape index (κ3) is 4.19. The Hall–Kier alpha value is -1.09. The van der Waals surface area contributed by atoms with Crippen molar-refractivity contribution in [2.24, 2.45) is 0 Å². The van der Waals surface area contributed by atoms with Crippen LogP contribution >= 0.6 is 12.6 Å². The second kappa shape index (κ2) is 7.23. The van der Waals surface area contributed by atoms with Crippen molar-refractivity contribution in [3.05, 3.63) is 36.4 Å². The molecule has 0 aliphatic heterocycles. The maximum absolute atomic E-state index is 5.61. The van der Waals surface area contributed by atoms with Gasteiger partial charge in [-0.2, -0.15) is 12.6 Å². The zero-order chi connectivity index (χ0) is 11.8. The van der Waals surface area contributed by atoms with Crippen LogP contribution in [0.25, 0.3) is 0 Å². The molecule has 1 rings (SSSR count). The van der Waals surface area contributed by atoms with Crippen molar-refractivity contribution in [3.63, 3.8) is 0 Å². The van der Waals surface area contributed by atoms with E-state index in [2.05, 4.69) is 26.1 Å². The number of hydrogen-bond donors (Lipinski definition) is 1. The highest BCUT2D eigenvalue weighted by atomic mass is 32.1. The number of benzene rings is 1. The van der Waals surface area contributed by atoms with Gasteiger partial charge >= 0.3 is 0 Å². The van der Waals surface area contributed by atoms with E-state index in [0.29, 0.717) is 19.0 Å². The van der Waals surface area contributed by atoms with Gasteiger partial charge in [-0.05, 0) is 24.1 Å². The summed E-state index contributed by atoms with van der Waals surface area (Å²) in [4.78, 5) is 0. The molecular formula is C13H18O2S. The first-order valence-electron chi connectivity index (χ1n) is 5.40. The predicted octanol–water partition coefficient (Wildman–Crippen LogP) is 3.34. The molecule has 88 valence electrons. The van der Waals surface area contributed by atoms with Crippen molar-refractivity contribution in [1.29, 1.82) is 0 Å². The fraction of sp³-hybridized carbons (Fsp3) is 0.385. The number of para-hydroxylation sites is 2. The molecule has 0 heterocycles. The van der Waals surface area contributed by atoms with Gasteiger partial charge in [0, 0.05) is 5.75 Å². The van der Waals surface area contributed by atoms with Gasteiger partial charge in [0.1, 0.15) is 6.61 Å². The van der Waals surface area contributed by atoms with Gasteiger partial charge in [0.25, 0.3) is 0 Å². The summed E-state index contributed by atoms with van der Waals surface area (Å²) in [5, 5.41) is 0. The molecule has 0 spiro atoms. The summed E-state index contributed by atoms with van der Waals surface area (Å²) in [7, 11) is 0. The zero-order valence-electron chi connectivity index (χ0n) is 9.61. The lowest BCUT2D eigenvalue weighted by atomic mass is 10.3. The van der Waals surface area contributed by atoms with E-state index in [0.717, 1.165) is 23.5 Å². The van der Waals surface area contributed by atoms with Crippen LogP contribution in [-0.4, -0.2) is 19.0 Å². The summed E-state index contributed by atoms with van der Waals surface area (Å²) in [6.45, 7) is 7.10. The van der Waals surface area contributed by atoms with E-state index in [1.165, 1.54) is 0 Å². The minimum Gasteiger partial charge on any atom is -0.490 e. The molecule has 0 N–H and O–H groups in total. The second-order valence-corrected chi connectivity index (χ2v) is 3.81. The first kappa shape index (κ1) is 13.0. The van der Waals surface area contributed by atoms with Crippen molar-refractivity contribution in [1.82, 2.24) is 0 Å². The maximum atomic E-state index is 5.61. The van der Waals surface area contributed by atoms with E-state index in [-0.39, 0.29) is 0 Å². The Morgan fingerprint density at radius 1 is 1.25 bits per heavy atom. The molecule has 0 bridgehead atoms. The van der Waals surface area contributed by atoms with Gasteiger partial charge in [0.15, 0.2) is 11.5 Å². The van der Waals surface area contributed by atoms with E-state index in [4.69, 9.17) is 9.47 Å². The Labute approximate surface area is 103 Å². The number of ether oxygens (including phenoxy) is 2. The first-order chi connectivity index (χ1) is 7.77. The average molecular weight is 238 g/mol. The smallest absolute Gasteiger partial charge is 0.161 e. The molecule has 1 aromatic carbocycles. The Balaban J connectivity index is 2.59. The van der Waals surface area contributed by atoms with Crippen LogP contribution in [-0.2, 0) is 0 Å². The molecule has 0 fully saturated rings. The van der Waals surface area contributed by atoms with Crippen LogP contribution in [0.2, 0.25) is 0 Å². The molecule has 0 amide bonds. The van der Waals surface area contributed by atoms with Crippen LogP contribution in [0.5, 0.6) is 11.5 Å². The van der Waals surface area contributed by atoms with E-state index in [9.17, 15) is 0 Å². The topological polar surface area (TPSA) is 18.5 Å². The molecule has 1 aromatic rings. The van der Waals surface area contributed by atoms with Crippen LogP contribution < -0.4 is 9.47 Å². The van der Waals surface area contributed by atoms with Crippen LogP contribution in [0.15, 0.2) is 36.4 Å². The highest BCUT2D eigenvalue weighted by molar-refractivity contribution is 7.80. The van der Waals surface area contributed by atoms with Crippen molar-refractivity contribution in [2.45, 2.75) is 13.3 Å². The molecule has 3 heteroatoms. The quantitative estimate of drug-likeness (QED) is 0.580. The van der Waals surface area contributed by atoms with Crippen LogP contribution in [0.3, 0.4) is 0 Å². The molecule has 0 radical (unpaired) electrons. The minimum absolute atomic E-state index is 0.482. The van der Waals surface area contributed by atoms with E-state index < -0.39 is 0 Å². The molecule has 0 aliphatic carbocycles. The maximum Gasteiger partial charge on any atom is 0.161 e. The fourth-order valence-electron chi connectivity index (χ4n) is 1.13. The monoisotopic (exact) mass is 238 g/mol. The summed E-state index contributed by atoms with van der Waals surface area (Å²) in [6, 6.07) is 7.67. The summed E-state index contributed by atoms with van der Waals surface area (Å²) < 4.78 is 11.2. The Bertz CT molecular complexity index is 336. The van der Waals surface area contributed by atoms with Gasteiger partial charge in [-0.15, -0.1) is 0 Å². The third-order valence-corrected chi connectivity index (χ3v) is 2.41. The highest BCUT2D eigenvalue weighted by Gasteiger charge is 2.03. The van der Waals surface area contributed by atoms with Crippen LogP contribution in [0.1, 0.15) is 13.3 Å². The highest BCUT2D eigenvalue weighted by Crippen LogP contribution is 2.26. The lowest BCUT2D eigenvalue weighted by Crippen LogP contribution is -2.04. The van der Waals surface area contributed by atoms with Gasteiger partial charge in [-0.1, -0.05) is 25.6 Å². The summed E-state index contributed by atoms with van der Waals surface area (Å²) in [5.74, 6) is 2.19. The van der Waals surface area contributed by atoms with Crippen molar-refractivity contribution in [3.8, 4) is 11.5 Å². The van der Waals surface area contributed by atoms with Crippen molar-refractivity contribution >= 4 is 12.6 Å². The molecule has 0 aromatic heterocycles. The van der Waals surface area contributed by atoms with Crippen LogP contribution in [0.4, 0.5) is 0 Å². The number of hydrogen-bond acceptors (Lipinski definition) is 3. The molecule has 0 saturated heterocycles. The van der Waals surface area contributed by atoms with Crippen molar-refractivity contribution < 1.29 is 9.47 Å². The van der Waals surface area contributed by atoms with Gasteiger partial charge in [-0.3, -0.25) is 0 Å².